The lowest BCUT2D eigenvalue weighted by molar-refractivity contribution is 0.0953. The summed E-state index contributed by atoms with van der Waals surface area (Å²) in [5, 5.41) is 2.83. The Morgan fingerprint density at radius 3 is 2.44 bits per heavy atom. The summed E-state index contributed by atoms with van der Waals surface area (Å²) < 4.78 is 2.00. The van der Waals surface area contributed by atoms with E-state index in [0.717, 1.165) is 12.1 Å². The van der Waals surface area contributed by atoms with E-state index < -0.39 is 0 Å². The van der Waals surface area contributed by atoms with E-state index in [1.54, 1.807) is 0 Å². The second-order valence-electron chi connectivity index (χ2n) is 4.04. The number of nitrogens with two attached hydrogens (primary N) is 1. The molecule has 4 heteroatoms. The molecule has 0 atom stereocenters. The van der Waals surface area contributed by atoms with Crippen LogP contribution in [0, 0.1) is 0 Å². The van der Waals surface area contributed by atoms with E-state index >= 15 is 0 Å². The fraction of sp³-hybridized carbons (Fsp3) is 0.214. The topological polar surface area (TPSA) is 60.0 Å². The molecule has 18 heavy (non-hydrogen) atoms. The zero-order chi connectivity index (χ0) is 12.8. The van der Waals surface area contributed by atoms with E-state index in [1.165, 1.54) is 0 Å². The van der Waals surface area contributed by atoms with Gasteiger partial charge in [-0.15, -0.1) is 0 Å². The molecule has 0 saturated carbocycles. The molecule has 1 heterocycles. The smallest absolute Gasteiger partial charge is 0.251 e. The van der Waals surface area contributed by atoms with Crippen LogP contribution < -0.4 is 11.1 Å². The maximum absolute atomic E-state index is 11.8. The van der Waals surface area contributed by atoms with Gasteiger partial charge in [0.2, 0.25) is 0 Å². The van der Waals surface area contributed by atoms with Gasteiger partial charge < -0.3 is 15.6 Å². The highest BCUT2D eigenvalue weighted by molar-refractivity contribution is 5.94. The first-order valence-corrected chi connectivity index (χ1v) is 6.03. The number of aromatic nitrogens is 1. The van der Waals surface area contributed by atoms with Gasteiger partial charge >= 0.3 is 0 Å². The van der Waals surface area contributed by atoms with Crippen molar-refractivity contribution in [3.05, 3.63) is 54.4 Å². The highest BCUT2D eigenvalue weighted by atomic mass is 16.1. The summed E-state index contributed by atoms with van der Waals surface area (Å²) in [4.78, 5) is 11.8. The predicted octanol–water partition coefficient (Wildman–Crippen LogP) is 1.56. The van der Waals surface area contributed by atoms with Gasteiger partial charge in [0.15, 0.2) is 0 Å². The maximum Gasteiger partial charge on any atom is 0.251 e. The highest BCUT2D eigenvalue weighted by Crippen LogP contribution is 2.09. The second kappa shape index (κ2) is 6.02. The highest BCUT2D eigenvalue weighted by Gasteiger charge is 2.04. The quantitative estimate of drug-likeness (QED) is 0.783. The van der Waals surface area contributed by atoms with Crippen LogP contribution in [0.5, 0.6) is 0 Å². The Balaban J connectivity index is 2.01. The van der Waals surface area contributed by atoms with Crippen molar-refractivity contribution in [1.82, 2.24) is 9.88 Å². The van der Waals surface area contributed by atoms with Crippen LogP contribution in [0.25, 0.3) is 5.69 Å². The van der Waals surface area contributed by atoms with E-state index in [9.17, 15) is 4.79 Å². The lowest BCUT2D eigenvalue weighted by Crippen LogP contribution is -2.25. The lowest BCUT2D eigenvalue weighted by atomic mass is 10.2. The van der Waals surface area contributed by atoms with Crippen molar-refractivity contribution >= 4 is 5.91 Å². The van der Waals surface area contributed by atoms with Crippen LogP contribution in [0.3, 0.4) is 0 Å². The van der Waals surface area contributed by atoms with Gasteiger partial charge in [0.25, 0.3) is 5.91 Å². The fourth-order valence-electron chi connectivity index (χ4n) is 1.70. The Labute approximate surface area is 106 Å². The first-order chi connectivity index (χ1) is 8.81. The van der Waals surface area contributed by atoms with E-state index in [0.29, 0.717) is 18.7 Å². The summed E-state index contributed by atoms with van der Waals surface area (Å²) in [5.74, 6) is -0.0532. The predicted molar refractivity (Wildman–Crippen MR) is 71.8 cm³/mol. The molecule has 1 aromatic carbocycles. The molecule has 3 N–H and O–H groups in total. The van der Waals surface area contributed by atoms with Crippen molar-refractivity contribution in [3.63, 3.8) is 0 Å². The molecule has 2 rings (SSSR count). The number of nitrogens with zero attached hydrogens (tertiary/aromatic N) is 1. The molecule has 1 aromatic heterocycles. The van der Waals surface area contributed by atoms with E-state index in [1.807, 2.05) is 53.4 Å². The number of hydrogen-bond acceptors (Lipinski definition) is 2. The molecule has 0 bridgehead atoms. The van der Waals surface area contributed by atoms with Crippen molar-refractivity contribution in [2.45, 2.75) is 6.42 Å². The van der Waals surface area contributed by atoms with Crippen LogP contribution in [-0.2, 0) is 0 Å². The van der Waals surface area contributed by atoms with Crippen LogP contribution in [0.1, 0.15) is 16.8 Å². The Morgan fingerprint density at radius 1 is 1.17 bits per heavy atom. The summed E-state index contributed by atoms with van der Waals surface area (Å²) in [6.45, 7) is 1.21. The van der Waals surface area contributed by atoms with Gasteiger partial charge in [-0.3, -0.25) is 4.79 Å². The summed E-state index contributed by atoms with van der Waals surface area (Å²) in [6.07, 6.45) is 4.74. The number of hydrogen-bond donors (Lipinski definition) is 2. The first kappa shape index (κ1) is 12.4. The number of benzene rings is 1. The fourth-order valence-corrected chi connectivity index (χ4v) is 1.70. The van der Waals surface area contributed by atoms with Crippen molar-refractivity contribution in [1.29, 1.82) is 0 Å². The third-order valence-corrected chi connectivity index (χ3v) is 2.70. The van der Waals surface area contributed by atoms with Gasteiger partial charge in [-0.1, -0.05) is 0 Å². The SMILES string of the molecule is NCCCNC(=O)c1ccc(-n2cccc2)cc1. The first-order valence-electron chi connectivity index (χ1n) is 6.03. The van der Waals surface area contributed by atoms with Gasteiger partial charge in [0.1, 0.15) is 0 Å². The summed E-state index contributed by atoms with van der Waals surface area (Å²) in [5.41, 5.74) is 7.08. The van der Waals surface area contributed by atoms with Crippen LogP contribution >= 0.6 is 0 Å². The molecule has 4 nitrogen and oxygen atoms in total. The van der Waals surface area contributed by atoms with Gasteiger partial charge in [-0.2, -0.15) is 0 Å². The number of carbonyl (C=O) groups is 1. The van der Waals surface area contributed by atoms with Crippen molar-refractivity contribution in [2.75, 3.05) is 13.1 Å². The molecule has 0 aliphatic heterocycles. The molecular formula is C14H17N3O. The van der Waals surface area contributed by atoms with Crippen LogP contribution in [-0.4, -0.2) is 23.6 Å². The minimum absolute atomic E-state index is 0.0532. The largest absolute Gasteiger partial charge is 0.352 e. The summed E-state index contributed by atoms with van der Waals surface area (Å²) in [7, 11) is 0. The number of carbonyl (C=O) groups excluding carboxylic acids is 1. The third kappa shape index (κ3) is 2.99. The van der Waals surface area contributed by atoms with E-state index in [4.69, 9.17) is 5.73 Å². The minimum atomic E-state index is -0.0532. The van der Waals surface area contributed by atoms with Crippen molar-refractivity contribution < 1.29 is 4.79 Å². The average molecular weight is 243 g/mol. The van der Waals surface area contributed by atoms with E-state index in [-0.39, 0.29) is 5.91 Å². The average Bonchev–Trinajstić information content (AvgIpc) is 2.93. The molecule has 2 aromatic rings. The van der Waals surface area contributed by atoms with Crippen LogP contribution in [0.4, 0.5) is 0 Å². The molecule has 94 valence electrons. The van der Waals surface area contributed by atoms with Crippen LogP contribution in [0.2, 0.25) is 0 Å². The van der Waals surface area contributed by atoms with Gasteiger partial charge in [0, 0.05) is 30.2 Å². The Hall–Kier alpha value is -2.07. The molecule has 0 unspecified atom stereocenters. The number of rotatable bonds is 5. The number of amides is 1. The maximum atomic E-state index is 11.8. The zero-order valence-electron chi connectivity index (χ0n) is 10.2. The zero-order valence-corrected chi connectivity index (χ0v) is 10.2. The normalized spacial score (nSPS) is 10.3. The van der Waals surface area contributed by atoms with Gasteiger partial charge in [-0.05, 0) is 49.4 Å². The van der Waals surface area contributed by atoms with Crippen molar-refractivity contribution in [2.24, 2.45) is 5.73 Å². The molecule has 0 aliphatic carbocycles. The van der Waals surface area contributed by atoms with E-state index in [2.05, 4.69) is 5.32 Å². The Morgan fingerprint density at radius 2 is 1.83 bits per heavy atom. The Bertz CT molecular complexity index is 488. The number of nitrogens with one attached hydrogen (secondary N) is 1. The molecular weight excluding hydrogens is 226 g/mol. The molecule has 0 fully saturated rings. The molecule has 0 radical (unpaired) electrons. The standard InChI is InChI=1S/C14H17N3O/c15-8-3-9-16-14(18)12-4-6-13(7-5-12)17-10-1-2-11-17/h1-2,4-7,10-11H,3,8-9,15H2,(H,16,18). The molecule has 0 spiro atoms. The summed E-state index contributed by atoms with van der Waals surface area (Å²) >= 11 is 0. The molecule has 0 aliphatic rings. The molecule has 1 amide bonds. The van der Waals surface area contributed by atoms with Crippen molar-refractivity contribution in [3.8, 4) is 5.69 Å². The van der Waals surface area contributed by atoms with Crippen LogP contribution in [0.15, 0.2) is 48.8 Å². The monoisotopic (exact) mass is 243 g/mol. The minimum Gasteiger partial charge on any atom is -0.352 e. The van der Waals surface area contributed by atoms with Gasteiger partial charge in [0.05, 0.1) is 0 Å². The second-order valence-corrected chi connectivity index (χ2v) is 4.04. The van der Waals surface area contributed by atoms with Gasteiger partial charge in [-0.25, -0.2) is 0 Å². The molecule has 0 saturated heterocycles. The Kier molecular flexibility index (Phi) is 4.15. The third-order valence-electron chi connectivity index (χ3n) is 2.70. The summed E-state index contributed by atoms with van der Waals surface area (Å²) in [6, 6.07) is 11.4. The lowest BCUT2D eigenvalue weighted by Gasteiger charge is -2.06.